The van der Waals surface area contributed by atoms with Gasteiger partial charge in [-0.05, 0) is 48.6 Å². The van der Waals surface area contributed by atoms with Crippen LogP contribution in [-0.4, -0.2) is 20.4 Å². The number of sulfonamides is 1. The predicted molar refractivity (Wildman–Crippen MR) is 118 cm³/mol. The standard InChI is InChI=1S/C22H29ClN2O3S/c1-15(2)21(19-9-11-20(23)12-10-19)22(26)24-13-17-5-7-18(8-6-17)14-29(27,28)25-16(3)4/h5-12,15-16,21,25H,13-14H2,1-4H3,(H,24,26). The Morgan fingerprint density at radius 1 is 0.931 bits per heavy atom. The molecule has 0 saturated carbocycles. The summed E-state index contributed by atoms with van der Waals surface area (Å²) in [4.78, 5) is 12.8. The molecule has 2 aromatic rings. The molecule has 0 aliphatic rings. The summed E-state index contributed by atoms with van der Waals surface area (Å²) in [5.41, 5.74) is 2.55. The lowest BCUT2D eigenvalue weighted by Crippen LogP contribution is -2.32. The number of carbonyl (C=O) groups excluding carboxylic acids is 1. The fraction of sp³-hybridized carbons (Fsp3) is 0.409. The molecule has 1 unspecified atom stereocenters. The van der Waals surface area contributed by atoms with E-state index in [1.54, 1.807) is 38.1 Å². The van der Waals surface area contributed by atoms with Crippen molar-refractivity contribution in [3.63, 3.8) is 0 Å². The van der Waals surface area contributed by atoms with Gasteiger partial charge in [0.15, 0.2) is 0 Å². The molecule has 1 atom stereocenters. The van der Waals surface area contributed by atoms with Crippen LogP contribution in [-0.2, 0) is 27.1 Å². The maximum Gasteiger partial charge on any atom is 0.228 e. The van der Waals surface area contributed by atoms with Crippen molar-refractivity contribution in [3.05, 3.63) is 70.2 Å². The highest BCUT2D eigenvalue weighted by Gasteiger charge is 2.24. The average Bonchev–Trinajstić information content (AvgIpc) is 2.61. The zero-order chi connectivity index (χ0) is 21.6. The second-order valence-electron chi connectivity index (χ2n) is 7.84. The zero-order valence-electron chi connectivity index (χ0n) is 17.3. The van der Waals surface area contributed by atoms with Gasteiger partial charge < -0.3 is 5.32 Å². The Morgan fingerprint density at radius 2 is 1.48 bits per heavy atom. The van der Waals surface area contributed by atoms with Gasteiger partial charge in [0.05, 0.1) is 11.7 Å². The Bertz CT molecular complexity index is 908. The summed E-state index contributed by atoms with van der Waals surface area (Å²) in [5, 5.41) is 3.63. The Morgan fingerprint density at radius 3 is 2.00 bits per heavy atom. The van der Waals surface area contributed by atoms with Gasteiger partial charge in [-0.25, -0.2) is 13.1 Å². The smallest absolute Gasteiger partial charge is 0.228 e. The second-order valence-corrected chi connectivity index (χ2v) is 10.0. The maximum absolute atomic E-state index is 12.8. The van der Waals surface area contributed by atoms with Gasteiger partial charge in [0, 0.05) is 17.6 Å². The maximum atomic E-state index is 12.8. The lowest BCUT2D eigenvalue weighted by Gasteiger charge is -2.21. The molecule has 0 radical (unpaired) electrons. The van der Waals surface area contributed by atoms with Crippen molar-refractivity contribution in [3.8, 4) is 0 Å². The van der Waals surface area contributed by atoms with Crippen molar-refractivity contribution in [2.45, 2.75) is 52.0 Å². The third-order valence-electron chi connectivity index (χ3n) is 4.44. The van der Waals surface area contributed by atoms with Gasteiger partial charge in [-0.15, -0.1) is 0 Å². The fourth-order valence-corrected chi connectivity index (χ4v) is 4.74. The lowest BCUT2D eigenvalue weighted by atomic mass is 9.87. The Balaban J connectivity index is 1.99. The van der Waals surface area contributed by atoms with Gasteiger partial charge in [0.25, 0.3) is 0 Å². The number of nitrogens with one attached hydrogen (secondary N) is 2. The Labute approximate surface area is 178 Å². The summed E-state index contributed by atoms with van der Waals surface area (Å²) in [5.74, 6) is -0.241. The third kappa shape index (κ3) is 7.46. The number of halogens is 1. The number of hydrogen-bond donors (Lipinski definition) is 2. The fourth-order valence-electron chi connectivity index (χ4n) is 3.18. The normalized spacial score (nSPS) is 12.9. The third-order valence-corrected chi connectivity index (χ3v) is 6.24. The summed E-state index contributed by atoms with van der Waals surface area (Å²) in [7, 11) is -3.36. The van der Waals surface area contributed by atoms with Gasteiger partial charge >= 0.3 is 0 Å². The molecule has 29 heavy (non-hydrogen) atoms. The van der Waals surface area contributed by atoms with E-state index in [-0.39, 0.29) is 29.5 Å². The van der Waals surface area contributed by atoms with Gasteiger partial charge in [-0.2, -0.15) is 0 Å². The molecule has 0 heterocycles. The summed E-state index contributed by atoms with van der Waals surface area (Å²) in [6, 6.07) is 14.4. The van der Waals surface area contributed by atoms with E-state index >= 15 is 0 Å². The molecule has 2 rings (SSSR count). The summed E-state index contributed by atoms with van der Waals surface area (Å²) < 4.78 is 26.6. The van der Waals surface area contributed by atoms with Crippen LogP contribution < -0.4 is 10.0 Å². The summed E-state index contributed by atoms with van der Waals surface area (Å²) >= 11 is 5.95. The number of rotatable bonds is 9. The molecule has 2 N–H and O–H groups in total. The number of benzene rings is 2. The van der Waals surface area contributed by atoms with Crippen LogP contribution in [0, 0.1) is 5.92 Å². The number of carbonyl (C=O) groups is 1. The first kappa shape index (κ1) is 23.4. The van der Waals surface area contributed by atoms with Crippen molar-refractivity contribution >= 4 is 27.5 Å². The van der Waals surface area contributed by atoms with E-state index in [4.69, 9.17) is 11.6 Å². The molecule has 0 spiro atoms. The molecule has 7 heteroatoms. The average molecular weight is 437 g/mol. The van der Waals surface area contributed by atoms with Crippen LogP contribution in [0.5, 0.6) is 0 Å². The highest BCUT2D eigenvalue weighted by atomic mass is 35.5. The molecule has 5 nitrogen and oxygen atoms in total. The van der Waals surface area contributed by atoms with Gasteiger partial charge in [0.1, 0.15) is 0 Å². The van der Waals surface area contributed by atoms with E-state index in [1.807, 2.05) is 38.1 Å². The van der Waals surface area contributed by atoms with E-state index in [2.05, 4.69) is 10.0 Å². The van der Waals surface area contributed by atoms with Gasteiger partial charge in [-0.1, -0.05) is 61.8 Å². The van der Waals surface area contributed by atoms with Crippen molar-refractivity contribution in [2.75, 3.05) is 0 Å². The first-order valence-electron chi connectivity index (χ1n) is 9.68. The largest absolute Gasteiger partial charge is 0.351 e. The number of hydrogen-bond acceptors (Lipinski definition) is 3. The molecular weight excluding hydrogens is 408 g/mol. The molecule has 0 aromatic heterocycles. The molecule has 0 saturated heterocycles. The summed E-state index contributed by atoms with van der Waals surface area (Å²) in [6.45, 7) is 7.99. The van der Waals surface area contributed by atoms with Crippen LogP contribution in [0.3, 0.4) is 0 Å². The zero-order valence-corrected chi connectivity index (χ0v) is 18.8. The molecule has 0 bridgehead atoms. The number of amides is 1. The quantitative estimate of drug-likeness (QED) is 0.617. The van der Waals surface area contributed by atoms with Crippen LogP contribution >= 0.6 is 11.6 Å². The van der Waals surface area contributed by atoms with E-state index in [0.29, 0.717) is 17.1 Å². The van der Waals surface area contributed by atoms with E-state index < -0.39 is 10.0 Å². The van der Waals surface area contributed by atoms with E-state index in [1.165, 1.54) is 0 Å². The van der Waals surface area contributed by atoms with Crippen molar-refractivity contribution in [1.82, 2.24) is 10.0 Å². The minimum absolute atomic E-state index is 0.0462. The first-order valence-corrected chi connectivity index (χ1v) is 11.7. The minimum Gasteiger partial charge on any atom is -0.351 e. The molecule has 2 aromatic carbocycles. The van der Waals surface area contributed by atoms with Crippen LogP contribution in [0.15, 0.2) is 48.5 Å². The molecule has 0 fully saturated rings. The van der Waals surface area contributed by atoms with E-state index in [9.17, 15) is 13.2 Å². The summed E-state index contributed by atoms with van der Waals surface area (Å²) in [6.07, 6.45) is 0. The molecule has 158 valence electrons. The van der Waals surface area contributed by atoms with Crippen molar-refractivity contribution < 1.29 is 13.2 Å². The van der Waals surface area contributed by atoms with Crippen molar-refractivity contribution in [1.29, 1.82) is 0 Å². The van der Waals surface area contributed by atoms with Gasteiger partial charge in [-0.3, -0.25) is 4.79 Å². The van der Waals surface area contributed by atoms with Crippen LogP contribution in [0.2, 0.25) is 5.02 Å². The molecular formula is C22H29ClN2O3S. The van der Waals surface area contributed by atoms with Crippen molar-refractivity contribution in [2.24, 2.45) is 5.92 Å². The molecule has 0 aliphatic carbocycles. The molecule has 1 amide bonds. The van der Waals surface area contributed by atoms with E-state index in [0.717, 1.165) is 11.1 Å². The van der Waals surface area contributed by atoms with Crippen LogP contribution in [0.25, 0.3) is 0 Å². The lowest BCUT2D eigenvalue weighted by molar-refractivity contribution is -0.123. The topological polar surface area (TPSA) is 75.3 Å². The first-order chi connectivity index (χ1) is 13.6. The SMILES string of the molecule is CC(C)NS(=O)(=O)Cc1ccc(CNC(=O)C(c2ccc(Cl)cc2)C(C)C)cc1. The molecule has 0 aliphatic heterocycles. The monoisotopic (exact) mass is 436 g/mol. The Hall–Kier alpha value is -1.89. The highest BCUT2D eigenvalue weighted by molar-refractivity contribution is 7.88. The van der Waals surface area contributed by atoms with Crippen LogP contribution in [0.1, 0.15) is 50.3 Å². The highest BCUT2D eigenvalue weighted by Crippen LogP contribution is 2.26. The van der Waals surface area contributed by atoms with Gasteiger partial charge in [0.2, 0.25) is 15.9 Å². The van der Waals surface area contributed by atoms with Crippen LogP contribution in [0.4, 0.5) is 0 Å². The second kappa shape index (κ2) is 10.2. The Kier molecular flexibility index (Phi) is 8.25. The minimum atomic E-state index is -3.36. The predicted octanol–water partition coefficient (Wildman–Crippen LogP) is 4.22.